The Labute approximate surface area is 167 Å². The minimum absolute atomic E-state index is 0.0221. The van der Waals surface area contributed by atoms with Gasteiger partial charge in [-0.3, -0.25) is 9.52 Å². The molecule has 28 heavy (non-hydrogen) atoms. The van der Waals surface area contributed by atoms with Crippen molar-refractivity contribution in [1.82, 2.24) is 9.97 Å². The highest BCUT2D eigenvalue weighted by Crippen LogP contribution is 2.25. The van der Waals surface area contributed by atoms with E-state index < -0.39 is 15.8 Å². The molecule has 3 aromatic rings. The smallest absolute Gasteiger partial charge is 0.261 e. The number of aryl methyl sites for hydroxylation is 2. The Morgan fingerprint density at radius 1 is 1.07 bits per heavy atom. The molecule has 3 N–H and O–H groups in total. The number of nitrogens with zero attached hydrogens (tertiary/aromatic N) is 2. The Kier molecular flexibility index (Phi) is 5.35. The number of sulfonamides is 1. The number of aromatic nitrogens is 2. The quantitative estimate of drug-likeness (QED) is 0.616. The summed E-state index contributed by atoms with van der Waals surface area (Å²) in [5, 5.41) is 0.184. The minimum Gasteiger partial charge on any atom is -0.384 e. The number of anilines is 2. The first-order chi connectivity index (χ1) is 13.2. The van der Waals surface area contributed by atoms with E-state index >= 15 is 0 Å². The van der Waals surface area contributed by atoms with Crippen molar-refractivity contribution in [2.24, 2.45) is 0 Å². The van der Waals surface area contributed by atoms with Crippen LogP contribution in [-0.4, -0.2) is 24.2 Å². The SMILES string of the molecule is Cc1ccc(S(=O)(=O)Nc2cc(Cl)cnc2C(=O)c2ccnc(N)c2)cc1C. The van der Waals surface area contributed by atoms with Crippen molar-refractivity contribution < 1.29 is 13.2 Å². The number of hydrogen-bond donors (Lipinski definition) is 2. The number of nitrogens with one attached hydrogen (secondary N) is 1. The van der Waals surface area contributed by atoms with Crippen LogP contribution in [0.5, 0.6) is 0 Å². The van der Waals surface area contributed by atoms with Crippen LogP contribution in [0.25, 0.3) is 0 Å². The van der Waals surface area contributed by atoms with Gasteiger partial charge >= 0.3 is 0 Å². The number of rotatable bonds is 5. The lowest BCUT2D eigenvalue weighted by Gasteiger charge is -2.13. The van der Waals surface area contributed by atoms with E-state index in [9.17, 15) is 13.2 Å². The highest BCUT2D eigenvalue weighted by atomic mass is 35.5. The van der Waals surface area contributed by atoms with Crippen molar-refractivity contribution in [3.05, 3.63) is 76.2 Å². The van der Waals surface area contributed by atoms with Gasteiger partial charge in [0.05, 0.1) is 15.6 Å². The minimum atomic E-state index is -3.95. The first kappa shape index (κ1) is 19.8. The van der Waals surface area contributed by atoms with Crippen molar-refractivity contribution in [3.63, 3.8) is 0 Å². The van der Waals surface area contributed by atoms with Gasteiger partial charge in [0.15, 0.2) is 0 Å². The lowest BCUT2D eigenvalue weighted by molar-refractivity contribution is 0.103. The summed E-state index contributed by atoms with van der Waals surface area (Å²) in [5.41, 5.74) is 7.53. The van der Waals surface area contributed by atoms with Gasteiger partial charge in [0, 0.05) is 18.0 Å². The maximum Gasteiger partial charge on any atom is 0.261 e. The third-order valence-corrected chi connectivity index (χ3v) is 5.72. The summed E-state index contributed by atoms with van der Waals surface area (Å²) in [6, 6.07) is 8.96. The third kappa shape index (κ3) is 4.13. The number of carbonyl (C=O) groups excluding carboxylic acids is 1. The van der Waals surface area contributed by atoms with Gasteiger partial charge in [-0.15, -0.1) is 0 Å². The maximum absolute atomic E-state index is 12.8. The molecule has 0 atom stereocenters. The number of halogens is 1. The molecular weight excluding hydrogens is 400 g/mol. The van der Waals surface area contributed by atoms with E-state index in [1.807, 2.05) is 13.8 Å². The van der Waals surface area contributed by atoms with Crippen molar-refractivity contribution >= 4 is 38.9 Å². The van der Waals surface area contributed by atoms with Crippen LogP contribution in [0.15, 0.2) is 53.7 Å². The van der Waals surface area contributed by atoms with Crippen LogP contribution in [0.2, 0.25) is 5.02 Å². The Balaban J connectivity index is 2.03. The molecule has 7 nitrogen and oxygen atoms in total. The zero-order valence-electron chi connectivity index (χ0n) is 15.1. The molecule has 2 heterocycles. The molecule has 3 rings (SSSR count). The number of nitrogens with two attached hydrogens (primary N) is 1. The predicted molar refractivity (Wildman–Crippen MR) is 108 cm³/mol. The second-order valence-electron chi connectivity index (χ2n) is 6.20. The molecular formula is C19H17ClN4O3S. The van der Waals surface area contributed by atoms with Gasteiger partial charge in [-0.2, -0.15) is 0 Å². The normalized spacial score (nSPS) is 11.2. The van der Waals surface area contributed by atoms with Gasteiger partial charge in [-0.05, 0) is 55.3 Å². The molecule has 0 bridgehead atoms. The molecule has 0 spiro atoms. The Morgan fingerprint density at radius 3 is 2.50 bits per heavy atom. The molecule has 0 aliphatic carbocycles. The fourth-order valence-corrected chi connectivity index (χ4v) is 3.81. The van der Waals surface area contributed by atoms with Crippen molar-refractivity contribution in [1.29, 1.82) is 0 Å². The lowest BCUT2D eigenvalue weighted by atomic mass is 10.1. The second kappa shape index (κ2) is 7.57. The summed E-state index contributed by atoms with van der Waals surface area (Å²) < 4.78 is 28.1. The zero-order valence-corrected chi connectivity index (χ0v) is 16.7. The largest absolute Gasteiger partial charge is 0.384 e. The molecule has 0 saturated carbocycles. The van der Waals surface area contributed by atoms with Crippen LogP contribution in [0.1, 0.15) is 27.2 Å². The molecule has 0 fully saturated rings. The summed E-state index contributed by atoms with van der Waals surface area (Å²) in [5.74, 6) is -0.347. The number of hydrogen-bond acceptors (Lipinski definition) is 6. The molecule has 0 radical (unpaired) electrons. The fourth-order valence-electron chi connectivity index (χ4n) is 2.51. The van der Waals surface area contributed by atoms with Crippen LogP contribution in [0, 0.1) is 13.8 Å². The highest BCUT2D eigenvalue weighted by molar-refractivity contribution is 7.92. The summed E-state index contributed by atoms with van der Waals surface area (Å²) in [4.78, 5) is 20.8. The van der Waals surface area contributed by atoms with Gasteiger partial charge in [-0.25, -0.2) is 18.4 Å². The van der Waals surface area contributed by atoms with E-state index in [1.165, 1.54) is 36.7 Å². The average molecular weight is 417 g/mol. The van der Waals surface area contributed by atoms with E-state index in [0.29, 0.717) is 0 Å². The van der Waals surface area contributed by atoms with E-state index in [0.717, 1.165) is 11.1 Å². The first-order valence-corrected chi connectivity index (χ1v) is 10.1. The van der Waals surface area contributed by atoms with Gasteiger partial charge < -0.3 is 5.73 Å². The monoisotopic (exact) mass is 416 g/mol. The van der Waals surface area contributed by atoms with Crippen LogP contribution in [0.3, 0.4) is 0 Å². The highest BCUT2D eigenvalue weighted by Gasteiger charge is 2.22. The van der Waals surface area contributed by atoms with Crippen LogP contribution < -0.4 is 10.5 Å². The Bertz CT molecular complexity index is 1180. The molecule has 0 aliphatic rings. The second-order valence-corrected chi connectivity index (χ2v) is 8.32. The van der Waals surface area contributed by atoms with Crippen molar-refractivity contribution in [2.75, 3.05) is 10.5 Å². The third-order valence-electron chi connectivity index (χ3n) is 4.15. The molecule has 9 heteroatoms. The van der Waals surface area contributed by atoms with Crippen LogP contribution >= 0.6 is 11.6 Å². The first-order valence-electron chi connectivity index (χ1n) is 8.19. The van der Waals surface area contributed by atoms with Gasteiger partial charge in [0.25, 0.3) is 10.0 Å². The Hall–Kier alpha value is -2.97. The number of benzene rings is 1. The number of carbonyl (C=O) groups is 1. The number of pyridine rings is 2. The molecule has 2 aromatic heterocycles. The van der Waals surface area contributed by atoms with Gasteiger partial charge in [0.1, 0.15) is 11.5 Å². The standard InChI is InChI=1S/C19H17ClN4O3S/c1-11-3-4-15(7-12(11)2)28(26,27)24-16-9-14(20)10-23-18(16)19(25)13-5-6-22-17(21)8-13/h3-10,24H,1-2H3,(H2,21,22). The van der Waals surface area contributed by atoms with E-state index in [4.69, 9.17) is 17.3 Å². The molecule has 0 amide bonds. The number of nitrogen functional groups attached to an aromatic ring is 1. The van der Waals surface area contributed by atoms with E-state index in [-0.39, 0.29) is 32.7 Å². The molecule has 0 saturated heterocycles. The maximum atomic E-state index is 12.8. The summed E-state index contributed by atoms with van der Waals surface area (Å²) in [6.07, 6.45) is 2.66. The zero-order chi connectivity index (χ0) is 20.5. The molecule has 0 unspecified atom stereocenters. The summed E-state index contributed by atoms with van der Waals surface area (Å²) >= 11 is 5.97. The number of ketones is 1. The topological polar surface area (TPSA) is 115 Å². The van der Waals surface area contributed by atoms with Crippen molar-refractivity contribution in [2.45, 2.75) is 18.7 Å². The lowest BCUT2D eigenvalue weighted by Crippen LogP contribution is -2.17. The summed E-state index contributed by atoms with van der Waals surface area (Å²) in [6.45, 7) is 3.70. The van der Waals surface area contributed by atoms with Crippen LogP contribution in [-0.2, 0) is 10.0 Å². The molecule has 1 aromatic carbocycles. The molecule has 0 aliphatic heterocycles. The molecule has 144 valence electrons. The van der Waals surface area contributed by atoms with Crippen LogP contribution in [0.4, 0.5) is 11.5 Å². The fraction of sp³-hybridized carbons (Fsp3) is 0.105. The van der Waals surface area contributed by atoms with Gasteiger partial charge in [0.2, 0.25) is 5.78 Å². The summed E-state index contributed by atoms with van der Waals surface area (Å²) in [7, 11) is -3.95. The van der Waals surface area contributed by atoms with E-state index in [1.54, 1.807) is 12.1 Å². The van der Waals surface area contributed by atoms with E-state index in [2.05, 4.69) is 14.7 Å². The van der Waals surface area contributed by atoms with Crippen molar-refractivity contribution in [3.8, 4) is 0 Å². The van der Waals surface area contributed by atoms with Gasteiger partial charge in [-0.1, -0.05) is 17.7 Å². The Morgan fingerprint density at radius 2 is 1.82 bits per heavy atom. The average Bonchev–Trinajstić information content (AvgIpc) is 2.63. The predicted octanol–water partition coefficient (Wildman–Crippen LogP) is 3.36.